The number of nitrogens with two attached hydrogens (primary N) is 1. The standard InChI is InChI=1S/C15H25N3O3/c1-12(2)18(8-3-10-19)9-11-21-14-6-4-13(5-7-14)15(20)17-16/h4-7,12,19H,3,8-11,16H2,1-2H3,(H,17,20). The highest BCUT2D eigenvalue weighted by molar-refractivity contribution is 5.93. The Morgan fingerprint density at radius 1 is 1.33 bits per heavy atom. The molecule has 0 heterocycles. The van der Waals surface area contributed by atoms with Crippen molar-refractivity contribution in [2.45, 2.75) is 26.3 Å². The smallest absolute Gasteiger partial charge is 0.265 e. The third-order valence-electron chi connectivity index (χ3n) is 3.23. The average Bonchev–Trinajstić information content (AvgIpc) is 2.50. The second kappa shape index (κ2) is 9.33. The second-order valence-corrected chi connectivity index (χ2v) is 5.05. The second-order valence-electron chi connectivity index (χ2n) is 5.05. The van der Waals surface area contributed by atoms with Crippen molar-refractivity contribution in [1.29, 1.82) is 0 Å². The topological polar surface area (TPSA) is 87.8 Å². The molecule has 0 aliphatic rings. The molecule has 0 aliphatic carbocycles. The molecule has 0 aromatic heterocycles. The van der Waals surface area contributed by atoms with Gasteiger partial charge in [0.15, 0.2) is 0 Å². The minimum Gasteiger partial charge on any atom is -0.492 e. The van der Waals surface area contributed by atoms with Crippen molar-refractivity contribution >= 4 is 5.91 Å². The fraction of sp³-hybridized carbons (Fsp3) is 0.533. The fourth-order valence-corrected chi connectivity index (χ4v) is 1.97. The summed E-state index contributed by atoms with van der Waals surface area (Å²) in [6, 6.07) is 7.25. The minimum absolute atomic E-state index is 0.203. The first kappa shape index (κ1) is 17.4. The third kappa shape index (κ3) is 6.12. The van der Waals surface area contributed by atoms with Crippen LogP contribution in [0.25, 0.3) is 0 Å². The third-order valence-corrected chi connectivity index (χ3v) is 3.23. The summed E-state index contributed by atoms with van der Waals surface area (Å²) < 4.78 is 5.67. The molecule has 0 unspecified atom stereocenters. The number of hydrogen-bond acceptors (Lipinski definition) is 5. The normalized spacial score (nSPS) is 11.0. The first-order chi connectivity index (χ1) is 10.1. The van der Waals surface area contributed by atoms with E-state index < -0.39 is 0 Å². The maximum absolute atomic E-state index is 11.3. The number of amides is 1. The zero-order valence-electron chi connectivity index (χ0n) is 12.7. The highest BCUT2D eigenvalue weighted by atomic mass is 16.5. The van der Waals surface area contributed by atoms with Crippen LogP contribution < -0.4 is 16.0 Å². The maximum Gasteiger partial charge on any atom is 0.265 e. The molecule has 0 aliphatic heterocycles. The van der Waals surface area contributed by atoms with E-state index in [-0.39, 0.29) is 12.5 Å². The Kier molecular flexibility index (Phi) is 7.74. The number of nitrogens with zero attached hydrogens (tertiary/aromatic N) is 1. The number of hydrazine groups is 1. The predicted octanol–water partition coefficient (Wildman–Crippen LogP) is 0.762. The van der Waals surface area contributed by atoms with Gasteiger partial charge >= 0.3 is 0 Å². The van der Waals surface area contributed by atoms with Gasteiger partial charge in [-0.05, 0) is 44.5 Å². The summed E-state index contributed by atoms with van der Waals surface area (Å²) in [4.78, 5) is 13.6. The van der Waals surface area contributed by atoms with Gasteiger partial charge in [-0.3, -0.25) is 15.1 Å². The van der Waals surface area contributed by atoms with E-state index in [1.54, 1.807) is 24.3 Å². The SMILES string of the molecule is CC(C)N(CCCO)CCOc1ccc(C(=O)NN)cc1. The van der Waals surface area contributed by atoms with Gasteiger partial charge in [-0.25, -0.2) is 5.84 Å². The maximum atomic E-state index is 11.3. The zero-order valence-corrected chi connectivity index (χ0v) is 12.7. The molecule has 21 heavy (non-hydrogen) atoms. The van der Waals surface area contributed by atoms with Crippen molar-refractivity contribution in [2.24, 2.45) is 5.84 Å². The van der Waals surface area contributed by atoms with E-state index in [0.29, 0.717) is 18.2 Å². The lowest BCUT2D eigenvalue weighted by molar-refractivity contribution is 0.0953. The first-order valence-electron chi connectivity index (χ1n) is 7.17. The lowest BCUT2D eigenvalue weighted by atomic mass is 10.2. The first-order valence-corrected chi connectivity index (χ1v) is 7.17. The van der Waals surface area contributed by atoms with Gasteiger partial charge in [0.05, 0.1) is 0 Å². The fourth-order valence-electron chi connectivity index (χ4n) is 1.97. The Hall–Kier alpha value is -1.63. The van der Waals surface area contributed by atoms with Crippen LogP contribution >= 0.6 is 0 Å². The summed E-state index contributed by atoms with van der Waals surface area (Å²) in [5, 5.41) is 8.89. The molecule has 0 fully saturated rings. The molecule has 0 saturated carbocycles. The van der Waals surface area contributed by atoms with Crippen LogP contribution in [0.15, 0.2) is 24.3 Å². The van der Waals surface area contributed by atoms with Crippen molar-refractivity contribution in [3.63, 3.8) is 0 Å². The molecule has 1 aromatic carbocycles. The van der Waals surface area contributed by atoms with Crippen LogP contribution in [0.3, 0.4) is 0 Å². The number of rotatable bonds is 9. The van der Waals surface area contributed by atoms with Gasteiger partial charge in [-0.2, -0.15) is 0 Å². The van der Waals surface area contributed by atoms with Crippen LogP contribution in [-0.2, 0) is 0 Å². The van der Waals surface area contributed by atoms with Gasteiger partial charge < -0.3 is 9.84 Å². The summed E-state index contributed by atoms with van der Waals surface area (Å²) in [6.07, 6.45) is 0.765. The van der Waals surface area contributed by atoms with Gasteiger partial charge in [0.25, 0.3) is 5.91 Å². The van der Waals surface area contributed by atoms with Crippen molar-refractivity contribution in [1.82, 2.24) is 10.3 Å². The van der Waals surface area contributed by atoms with Gasteiger partial charge in [-0.1, -0.05) is 0 Å². The molecule has 1 amide bonds. The molecule has 1 aromatic rings. The van der Waals surface area contributed by atoms with Crippen LogP contribution in [0.1, 0.15) is 30.6 Å². The summed E-state index contributed by atoms with van der Waals surface area (Å²) in [5.41, 5.74) is 2.58. The molecule has 0 spiro atoms. The average molecular weight is 295 g/mol. The van der Waals surface area contributed by atoms with E-state index >= 15 is 0 Å². The number of nitrogen functional groups attached to an aromatic ring is 1. The number of benzene rings is 1. The number of carbonyl (C=O) groups excluding carboxylic acids is 1. The van der Waals surface area contributed by atoms with Gasteiger partial charge in [0.1, 0.15) is 12.4 Å². The number of aliphatic hydroxyl groups is 1. The van der Waals surface area contributed by atoms with Crippen molar-refractivity contribution in [3.05, 3.63) is 29.8 Å². The number of nitrogens with one attached hydrogen (secondary N) is 1. The van der Waals surface area contributed by atoms with E-state index in [0.717, 1.165) is 25.3 Å². The van der Waals surface area contributed by atoms with E-state index in [1.165, 1.54) is 0 Å². The summed E-state index contributed by atoms with van der Waals surface area (Å²) in [5.74, 6) is 5.46. The lowest BCUT2D eigenvalue weighted by Crippen LogP contribution is -2.35. The highest BCUT2D eigenvalue weighted by Gasteiger charge is 2.09. The van der Waals surface area contributed by atoms with E-state index in [2.05, 4.69) is 24.2 Å². The molecular formula is C15H25N3O3. The van der Waals surface area contributed by atoms with Crippen LogP contribution in [0.4, 0.5) is 0 Å². The molecule has 4 N–H and O–H groups in total. The van der Waals surface area contributed by atoms with Crippen LogP contribution in [0.2, 0.25) is 0 Å². The molecular weight excluding hydrogens is 270 g/mol. The van der Waals surface area contributed by atoms with Gasteiger partial charge in [0, 0.05) is 31.3 Å². The molecule has 1 rings (SSSR count). The minimum atomic E-state index is -0.323. The molecule has 0 radical (unpaired) electrons. The van der Waals surface area contributed by atoms with Crippen LogP contribution in [0, 0.1) is 0 Å². The Morgan fingerprint density at radius 3 is 2.52 bits per heavy atom. The van der Waals surface area contributed by atoms with E-state index in [1.807, 2.05) is 0 Å². The number of aliphatic hydroxyl groups excluding tert-OH is 1. The summed E-state index contributed by atoms with van der Waals surface area (Å²) >= 11 is 0. The van der Waals surface area contributed by atoms with Gasteiger partial charge in [0.2, 0.25) is 0 Å². The summed E-state index contributed by atoms with van der Waals surface area (Å²) in [7, 11) is 0. The molecule has 118 valence electrons. The van der Waals surface area contributed by atoms with Crippen LogP contribution in [0.5, 0.6) is 5.75 Å². The Balaban J connectivity index is 2.42. The van der Waals surface area contributed by atoms with Crippen LogP contribution in [-0.4, -0.2) is 48.3 Å². The van der Waals surface area contributed by atoms with Crippen molar-refractivity contribution < 1.29 is 14.6 Å². The van der Waals surface area contributed by atoms with E-state index in [4.69, 9.17) is 15.7 Å². The molecule has 6 heteroatoms. The molecule has 0 bridgehead atoms. The largest absolute Gasteiger partial charge is 0.492 e. The van der Waals surface area contributed by atoms with E-state index in [9.17, 15) is 4.79 Å². The van der Waals surface area contributed by atoms with Crippen molar-refractivity contribution in [2.75, 3.05) is 26.3 Å². The Morgan fingerprint density at radius 2 is 2.00 bits per heavy atom. The molecule has 0 saturated heterocycles. The lowest BCUT2D eigenvalue weighted by Gasteiger charge is -2.26. The molecule has 0 atom stereocenters. The highest BCUT2D eigenvalue weighted by Crippen LogP contribution is 2.12. The van der Waals surface area contributed by atoms with Crippen molar-refractivity contribution in [3.8, 4) is 5.75 Å². The Bertz CT molecular complexity index is 421. The van der Waals surface area contributed by atoms with Gasteiger partial charge in [-0.15, -0.1) is 0 Å². The number of carbonyl (C=O) groups is 1. The number of hydrogen-bond donors (Lipinski definition) is 3. The molecule has 6 nitrogen and oxygen atoms in total. The predicted molar refractivity (Wildman–Crippen MR) is 82.0 cm³/mol. The zero-order chi connectivity index (χ0) is 15.7. The summed E-state index contributed by atoms with van der Waals surface area (Å²) in [6.45, 7) is 6.66. The quantitative estimate of drug-likeness (QED) is 0.356. The Labute approximate surface area is 125 Å². The number of ether oxygens (including phenoxy) is 1. The monoisotopic (exact) mass is 295 g/mol.